The van der Waals surface area contributed by atoms with Crippen LogP contribution in [-0.2, 0) is 19.7 Å². The van der Waals surface area contributed by atoms with Gasteiger partial charge in [0.15, 0.2) is 11.5 Å². The lowest BCUT2D eigenvalue weighted by Crippen LogP contribution is -3.00. The number of benzene rings is 2. The summed E-state index contributed by atoms with van der Waals surface area (Å²) >= 11 is 5.80. The normalized spacial score (nSPS) is 10.1. The summed E-state index contributed by atoms with van der Waals surface area (Å²) < 4.78 is 11.3. The van der Waals surface area contributed by atoms with E-state index in [-0.39, 0.29) is 12.4 Å². The summed E-state index contributed by atoms with van der Waals surface area (Å²) in [7, 11) is 1.66. The third kappa shape index (κ3) is 6.43. The SMILES string of the molecule is COc1cc(C[NH2+]Cc2ccccc2)ccc1OCc1ccc(Cl)nc1.[Cl-]. The van der Waals surface area contributed by atoms with E-state index in [2.05, 4.69) is 40.6 Å². The van der Waals surface area contributed by atoms with Crippen LogP contribution in [0.15, 0.2) is 66.9 Å². The number of quaternary nitrogens is 1. The second-order valence-electron chi connectivity index (χ2n) is 5.95. The summed E-state index contributed by atoms with van der Waals surface area (Å²) in [4.78, 5) is 4.06. The van der Waals surface area contributed by atoms with E-state index < -0.39 is 0 Å². The number of halogens is 2. The van der Waals surface area contributed by atoms with E-state index in [0.717, 1.165) is 24.4 Å². The lowest BCUT2D eigenvalue weighted by atomic mass is 10.2. The number of nitrogens with two attached hydrogens (primary N) is 1. The van der Waals surface area contributed by atoms with Crippen LogP contribution in [0.2, 0.25) is 5.15 Å². The van der Waals surface area contributed by atoms with Gasteiger partial charge in [0.05, 0.1) is 7.11 Å². The van der Waals surface area contributed by atoms with Gasteiger partial charge in [0.25, 0.3) is 0 Å². The minimum Gasteiger partial charge on any atom is -1.00 e. The molecule has 2 aromatic carbocycles. The molecule has 0 aliphatic carbocycles. The van der Waals surface area contributed by atoms with Gasteiger partial charge >= 0.3 is 0 Å². The monoisotopic (exact) mass is 404 g/mol. The molecule has 3 rings (SSSR count). The molecule has 0 saturated heterocycles. The number of rotatable bonds is 8. The molecule has 0 aliphatic rings. The average molecular weight is 405 g/mol. The maximum atomic E-state index is 5.86. The van der Waals surface area contributed by atoms with Crippen LogP contribution in [0.5, 0.6) is 11.5 Å². The van der Waals surface area contributed by atoms with Crippen molar-refractivity contribution in [3.63, 3.8) is 0 Å². The molecule has 0 radical (unpaired) electrons. The maximum absolute atomic E-state index is 5.86. The van der Waals surface area contributed by atoms with Crippen LogP contribution in [0.4, 0.5) is 0 Å². The highest BCUT2D eigenvalue weighted by Gasteiger charge is 2.08. The lowest BCUT2D eigenvalue weighted by Gasteiger charge is -2.12. The standard InChI is InChI=1S/C21H21ClN2O2.ClH/c1-25-20-11-17(13-23-12-16-5-3-2-4-6-16)7-9-19(20)26-15-18-8-10-21(22)24-14-18;/h2-11,14,23H,12-13,15H2,1H3;1H. The topological polar surface area (TPSA) is 48.0 Å². The van der Waals surface area contributed by atoms with Crippen molar-refractivity contribution in [2.24, 2.45) is 0 Å². The molecule has 27 heavy (non-hydrogen) atoms. The zero-order chi connectivity index (χ0) is 18.2. The van der Waals surface area contributed by atoms with Gasteiger partial charge in [-0.2, -0.15) is 0 Å². The minimum absolute atomic E-state index is 0. The van der Waals surface area contributed by atoms with Crippen molar-refractivity contribution in [1.29, 1.82) is 0 Å². The molecule has 2 N–H and O–H groups in total. The van der Waals surface area contributed by atoms with Gasteiger partial charge in [-0.15, -0.1) is 0 Å². The molecule has 6 heteroatoms. The van der Waals surface area contributed by atoms with Crippen molar-refractivity contribution in [3.8, 4) is 11.5 Å². The zero-order valence-electron chi connectivity index (χ0n) is 15.1. The van der Waals surface area contributed by atoms with E-state index in [4.69, 9.17) is 21.1 Å². The second-order valence-corrected chi connectivity index (χ2v) is 6.33. The highest BCUT2D eigenvalue weighted by molar-refractivity contribution is 6.29. The van der Waals surface area contributed by atoms with Crippen LogP contribution in [0.3, 0.4) is 0 Å². The van der Waals surface area contributed by atoms with Crippen LogP contribution in [0.1, 0.15) is 16.7 Å². The molecule has 3 aromatic rings. The van der Waals surface area contributed by atoms with Crippen molar-refractivity contribution in [2.75, 3.05) is 7.11 Å². The largest absolute Gasteiger partial charge is 1.00 e. The molecular formula is C21H22Cl2N2O2. The van der Waals surface area contributed by atoms with Crippen molar-refractivity contribution >= 4 is 11.6 Å². The number of pyridine rings is 1. The predicted molar refractivity (Wildman–Crippen MR) is 102 cm³/mol. The molecule has 142 valence electrons. The van der Waals surface area contributed by atoms with Gasteiger partial charge in [-0.25, -0.2) is 4.98 Å². The molecule has 0 amide bonds. The Labute approximate surface area is 170 Å². The van der Waals surface area contributed by atoms with Crippen LogP contribution in [-0.4, -0.2) is 12.1 Å². The Morgan fingerprint density at radius 1 is 0.889 bits per heavy atom. The molecule has 0 aliphatic heterocycles. The first-order chi connectivity index (χ1) is 12.7. The fourth-order valence-electron chi connectivity index (χ4n) is 2.63. The molecule has 0 saturated carbocycles. The number of nitrogens with zero attached hydrogens (tertiary/aromatic N) is 1. The zero-order valence-corrected chi connectivity index (χ0v) is 16.6. The second kappa shape index (κ2) is 10.8. The fraction of sp³-hybridized carbons (Fsp3) is 0.190. The molecule has 0 spiro atoms. The smallest absolute Gasteiger partial charge is 0.161 e. The van der Waals surface area contributed by atoms with Gasteiger partial charge in [-0.3, -0.25) is 0 Å². The van der Waals surface area contributed by atoms with Crippen molar-refractivity contribution < 1.29 is 27.2 Å². The summed E-state index contributed by atoms with van der Waals surface area (Å²) in [5, 5.41) is 2.74. The van der Waals surface area contributed by atoms with E-state index >= 15 is 0 Å². The van der Waals surface area contributed by atoms with Crippen LogP contribution >= 0.6 is 11.6 Å². The van der Waals surface area contributed by atoms with Gasteiger partial charge in [0.1, 0.15) is 24.8 Å². The van der Waals surface area contributed by atoms with Gasteiger partial charge in [0.2, 0.25) is 0 Å². The van der Waals surface area contributed by atoms with E-state index in [1.807, 2.05) is 24.3 Å². The molecule has 0 atom stereocenters. The predicted octanol–water partition coefficient (Wildman–Crippen LogP) is 0.590. The van der Waals surface area contributed by atoms with Crippen LogP contribution in [0, 0.1) is 0 Å². The molecule has 0 bridgehead atoms. The summed E-state index contributed by atoms with van der Waals surface area (Å²) in [6, 6.07) is 20.1. The Bertz CT molecular complexity index is 827. The Morgan fingerprint density at radius 3 is 2.33 bits per heavy atom. The van der Waals surface area contributed by atoms with Gasteiger partial charge in [-0.05, 0) is 24.3 Å². The lowest BCUT2D eigenvalue weighted by molar-refractivity contribution is -0.686. The molecule has 0 unspecified atom stereocenters. The number of aromatic nitrogens is 1. The van der Waals surface area contributed by atoms with E-state index in [0.29, 0.717) is 17.5 Å². The van der Waals surface area contributed by atoms with Crippen LogP contribution < -0.4 is 27.2 Å². The third-order valence-corrected chi connectivity index (χ3v) is 4.24. The number of hydrogen-bond acceptors (Lipinski definition) is 3. The maximum Gasteiger partial charge on any atom is 0.161 e. The van der Waals surface area contributed by atoms with E-state index in [9.17, 15) is 0 Å². The van der Waals surface area contributed by atoms with Gasteiger partial charge in [-0.1, -0.05) is 48.0 Å². The average Bonchev–Trinajstić information content (AvgIpc) is 2.69. The van der Waals surface area contributed by atoms with Crippen molar-refractivity contribution in [2.45, 2.75) is 19.7 Å². The summed E-state index contributed by atoms with van der Waals surface area (Å²) in [5.41, 5.74) is 3.46. The van der Waals surface area contributed by atoms with Crippen molar-refractivity contribution in [3.05, 3.63) is 88.7 Å². The highest BCUT2D eigenvalue weighted by Crippen LogP contribution is 2.28. The van der Waals surface area contributed by atoms with Gasteiger partial charge < -0.3 is 27.2 Å². The summed E-state index contributed by atoms with van der Waals surface area (Å²) in [6.07, 6.45) is 1.71. The number of ether oxygens (including phenoxy) is 2. The fourth-order valence-corrected chi connectivity index (χ4v) is 2.74. The quantitative estimate of drug-likeness (QED) is 0.559. The van der Waals surface area contributed by atoms with Gasteiger partial charge in [0, 0.05) is 22.9 Å². The molecule has 0 fully saturated rings. The first-order valence-electron chi connectivity index (χ1n) is 8.50. The Kier molecular flexibility index (Phi) is 8.40. The van der Waals surface area contributed by atoms with E-state index in [1.165, 1.54) is 11.1 Å². The first kappa shape index (κ1) is 21.0. The van der Waals surface area contributed by atoms with Crippen molar-refractivity contribution in [1.82, 2.24) is 4.98 Å². The Balaban J connectivity index is 0.00000261. The number of methoxy groups -OCH3 is 1. The van der Waals surface area contributed by atoms with Crippen LogP contribution in [0.25, 0.3) is 0 Å². The highest BCUT2D eigenvalue weighted by atomic mass is 35.5. The summed E-state index contributed by atoms with van der Waals surface area (Å²) in [6.45, 7) is 2.25. The summed E-state index contributed by atoms with van der Waals surface area (Å²) in [5.74, 6) is 1.45. The van der Waals surface area contributed by atoms with E-state index in [1.54, 1.807) is 19.4 Å². The minimum atomic E-state index is 0. The first-order valence-corrected chi connectivity index (χ1v) is 8.88. The number of hydrogen-bond donors (Lipinski definition) is 1. The molecule has 1 heterocycles. The molecule has 4 nitrogen and oxygen atoms in total. The third-order valence-electron chi connectivity index (χ3n) is 4.01. The Hall–Kier alpha value is -2.27. The Morgan fingerprint density at radius 2 is 1.63 bits per heavy atom. The molecule has 1 aromatic heterocycles. The molecular weight excluding hydrogens is 383 g/mol.